The standard InChI is InChI=1S/C17H24N2/c1-17(13-14-8-11-18(17)12-9-14)19-10-4-6-15-5-2-3-7-16(15)19/h2-3,5,7,14H,4,6,8-13H2,1H3. The number of aryl methyl sites for hydroxylation is 1. The Morgan fingerprint density at radius 2 is 1.89 bits per heavy atom. The van der Waals surface area contributed by atoms with Crippen LogP contribution in [0.2, 0.25) is 0 Å². The summed E-state index contributed by atoms with van der Waals surface area (Å²) in [5.74, 6) is 0.962. The topological polar surface area (TPSA) is 6.48 Å². The minimum Gasteiger partial charge on any atom is -0.353 e. The number of rotatable bonds is 1. The quantitative estimate of drug-likeness (QED) is 0.761. The Kier molecular flexibility index (Phi) is 2.63. The molecule has 0 aromatic heterocycles. The molecule has 2 bridgehead atoms. The van der Waals surface area contributed by atoms with Gasteiger partial charge in [0, 0.05) is 25.3 Å². The van der Waals surface area contributed by atoms with Crippen LogP contribution in [0.15, 0.2) is 24.3 Å². The predicted octanol–water partition coefficient (Wildman–Crippen LogP) is 3.27. The molecule has 1 aromatic carbocycles. The smallest absolute Gasteiger partial charge is 0.0907 e. The Morgan fingerprint density at radius 1 is 1.11 bits per heavy atom. The van der Waals surface area contributed by atoms with Gasteiger partial charge < -0.3 is 4.90 Å². The zero-order valence-corrected chi connectivity index (χ0v) is 11.9. The van der Waals surface area contributed by atoms with Gasteiger partial charge in [-0.15, -0.1) is 0 Å². The van der Waals surface area contributed by atoms with Crippen molar-refractivity contribution in [3.05, 3.63) is 29.8 Å². The van der Waals surface area contributed by atoms with Crippen LogP contribution in [-0.4, -0.2) is 30.2 Å². The summed E-state index contributed by atoms with van der Waals surface area (Å²) in [5.41, 5.74) is 3.33. The van der Waals surface area contributed by atoms with Crippen molar-refractivity contribution in [3.8, 4) is 0 Å². The molecule has 3 saturated heterocycles. The van der Waals surface area contributed by atoms with Gasteiger partial charge in [-0.3, -0.25) is 4.90 Å². The number of nitrogens with zero attached hydrogens (tertiary/aromatic N) is 2. The van der Waals surface area contributed by atoms with Gasteiger partial charge in [-0.25, -0.2) is 0 Å². The van der Waals surface area contributed by atoms with Gasteiger partial charge in [0.25, 0.3) is 0 Å². The predicted molar refractivity (Wildman–Crippen MR) is 79.4 cm³/mol. The van der Waals surface area contributed by atoms with Crippen LogP contribution in [0.3, 0.4) is 0 Å². The second-order valence-electron chi connectivity index (χ2n) is 6.74. The first-order valence-corrected chi connectivity index (χ1v) is 7.88. The van der Waals surface area contributed by atoms with Gasteiger partial charge in [-0.05, 0) is 56.6 Å². The van der Waals surface area contributed by atoms with Crippen molar-refractivity contribution in [3.63, 3.8) is 0 Å². The van der Waals surface area contributed by atoms with Crippen molar-refractivity contribution >= 4 is 5.69 Å². The van der Waals surface area contributed by atoms with Crippen LogP contribution in [-0.2, 0) is 6.42 Å². The molecule has 4 aliphatic rings. The number of para-hydroxylation sites is 1. The highest BCUT2D eigenvalue weighted by atomic mass is 15.4. The molecule has 0 spiro atoms. The van der Waals surface area contributed by atoms with Gasteiger partial charge in [-0.1, -0.05) is 18.2 Å². The van der Waals surface area contributed by atoms with E-state index in [9.17, 15) is 0 Å². The van der Waals surface area contributed by atoms with Gasteiger partial charge in [0.15, 0.2) is 0 Å². The average Bonchev–Trinajstić information content (AvgIpc) is 2.47. The Morgan fingerprint density at radius 3 is 2.63 bits per heavy atom. The lowest BCUT2D eigenvalue weighted by Crippen LogP contribution is -2.66. The van der Waals surface area contributed by atoms with Crippen molar-refractivity contribution in [2.24, 2.45) is 5.92 Å². The first kappa shape index (κ1) is 11.8. The average molecular weight is 256 g/mol. The summed E-state index contributed by atoms with van der Waals surface area (Å²) >= 11 is 0. The molecule has 1 unspecified atom stereocenters. The molecule has 2 heteroatoms. The molecule has 5 rings (SSSR count). The summed E-state index contributed by atoms with van der Waals surface area (Å²) in [7, 11) is 0. The van der Waals surface area contributed by atoms with Gasteiger partial charge >= 0.3 is 0 Å². The normalized spacial score (nSPS) is 37.2. The first-order valence-electron chi connectivity index (χ1n) is 7.88. The molecular weight excluding hydrogens is 232 g/mol. The van der Waals surface area contributed by atoms with Gasteiger partial charge in [0.2, 0.25) is 0 Å². The molecule has 0 amide bonds. The van der Waals surface area contributed by atoms with Crippen LogP contribution in [0.4, 0.5) is 5.69 Å². The summed E-state index contributed by atoms with van der Waals surface area (Å²) in [4.78, 5) is 5.46. The maximum absolute atomic E-state index is 2.75. The lowest BCUT2D eigenvalue weighted by Gasteiger charge is -2.59. The van der Waals surface area contributed by atoms with Crippen molar-refractivity contribution in [2.45, 2.75) is 44.7 Å². The van der Waals surface area contributed by atoms with E-state index in [1.54, 1.807) is 5.56 Å². The molecule has 0 radical (unpaired) electrons. The van der Waals surface area contributed by atoms with Crippen molar-refractivity contribution < 1.29 is 0 Å². The van der Waals surface area contributed by atoms with Gasteiger partial charge in [-0.2, -0.15) is 0 Å². The van der Waals surface area contributed by atoms with Crippen molar-refractivity contribution in [1.82, 2.24) is 4.90 Å². The summed E-state index contributed by atoms with van der Waals surface area (Å²) in [6.45, 7) is 6.33. The number of fused-ring (bicyclic) bond motifs is 4. The van der Waals surface area contributed by atoms with Crippen LogP contribution >= 0.6 is 0 Å². The first-order chi connectivity index (χ1) is 9.27. The number of benzene rings is 1. The fourth-order valence-corrected chi connectivity index (χ4v) is 4.61. The Hall–Kier alpha value is -1.02. The summed E-state index contributed by atoms with van der Waals surface area (Å²) in [5, 5.41) is 0. The second-order valence-corrected chi connectivity index (χ2v) is 6.74. The Bertz CT molecular complexity index is 476. The monoisotopic (exact) mass is 256 g/mol. The van der Waals surface area contributed by atoms with Crippen LogP contribution in [0.25, 0.3) is 0 Å². The summed E-state index contributed by atoms with van der Waals surface area (Å²) in [6, 6.07) is 9.05. The third-order valence-corrected chi connectivity index (χ3v) is 5.66. The molecule has 102 valence electrons. The van der Waals surface area contributed by atoms with E-state index in [1.807, 2.05) is 0 Å². The zero-order valence-electron chi connectivity index (χ0n) is 11.9. The minimum absolute atomic E-state index is 0.275. The van der Waals surface area contributed by atoms with E-state index >= 15 is 0 Å². The van der Waals surface area contributed by atoms with Crippen LogP contribution in [0.5, 0.6) is 0 Å². The third-order valence-electron chi connectivity index (χ3n) is 5.66. The van der Waals surface area contributed by atoms with E-state index in [0.717, 1.165) is 5.92 Å². The molecule has 19 heavy (non-hydrogen) atoms. The highest BCUT2D eigenvalue weighted by molar-refractivity contribution is 5.57. The molecule has 1 aromatic rings. The molecule has 4 aliphatic heterocycles. The molecular formula is C17H24N2. The summed E-state index contributed by atoms with van der Waals surface area (Å²) in [6.07, 6.45) is 6.77. The van der Waals surface area contributed by atoms with Gasteiger partial charge in [0.05, 0.1) is 5.66 Å². The molecule has 0 N–H and O–H groups in total. The molecule has 0 aliphatic carbocycles. The molecule has 4 heterocycles. The Balaban J connectivity index is 1.73. The fourth-order valence-electron chi connectivity index (χ4n) is 4.61. The molecule has 0 saturated carbocycles. The summed E-state index contributed by atoms with van der Waals surface area (Å²) < 4.78 is 0. The minimum atomic E-state index is 0.275. The van der Waals surface area contributed by atoms with E-state index in [0.29, 0.717) is 0 Å². The van der Waals surface area contributed by atoms with E-state index < -0.39 is 0 Å². The zero-order chi connectivity index (χ0) is 12.9. The lowest BCUT2D eigenvalue weighted by molar-refractivity contribution is -0.0205. The van der Waals surface area contributed by atoms with E-state index in [-0.39, 0.29) is 5.66 Å². The SMILES string of the molecule is CC1(N2CCCc3ccccc32)CC2CCN1CC2. The highest BCUT2D eigenvalue weighted by Gasteiger charge is 2.46. The van der Waals surface area contributed by atoms with Crippen LogP contribution < -0.4 is 4.90 Å². The molecule has 3 fully saturated rings. The second kappa shape index (κ2) is 4.24. The molecule has 1 atom stereocenters. The fraction of sp³-hybridized carbons (Fsp3) is 0.647. The van der Waals surface area contributed by atoms with Crippen LogP contribution in [0.1, 0.15) is 38.2 Å². The third kappa shape index (κ3) is 1.73. The number of hydrogen-bond acceptors (Lipinski definition) is 2. The van der Waals surface area contributed by atoms with Crippen molar-refractivity contribution in [1.29, 1.82) is 0 Å². The van der Waals surface area contributed by atoms with Crippen molar-refractivity contribution in [2.75, 3.05) is 24.5 Å². The number of piperidine rings is 3. The largest absolute Gasteiger partial charge is 0.353 e. The highest BCUT2D eigenvalue weighted by Crippen LogP contribution is 2.44. The number of anilines is 1. The Labute approximate surface area is 116 Å². The van der Waals surface area contributed by atoms with E-state index in [1.165, 1.54) is 57.4 Å². The number of hydrogen-bond donors (Lipinski definition) is 0. The maximum atomic E-state index is 2.75. The van der Waals surface area contributed by atoms with Crippen LogP contribution in [0, 0.1) is 5.92 Å². The molecule has 2 nitrogen and oxygen atoms in total. The van der Waals surface area contributed by atoms with E-state index in [4.69, 9.17) is 0 Å². The van der Waals surface area contributed by atoms with Gasteiger partial charge in [0.1, 0.15) is 0 Å². The van der Waals surface area contributed by atoms with E-state index in [2.05, 4.69) is 41.0 Å². The maximum Gasteiger partial charge on any atom is 0.0907 e. The lowest BCUT2D eigenvalue weighted by atomic mass is 9.78.